The van der Waals surface area contributed by atoms with Crippen molar-refractivity contribution in [2.45, 2.75) is 0 Å². The molecule has 6 nitrogen and oxygen atoms in total. The summed E-state index contributed by atoms with van der Waals surface area (Å²) in [5.74, 6) is -1.09. The first-order valence-corrected chi connectivity index (χ1v) is 8.51. The minimum Gasteiger partial charge on any atom is -0.464 e. The Morgan fingerprint density at radius 3 is 2.04 bits per heavy atom. The van der Waals surface area contributed by atoms with E-state index in [9.17, 15) is 9.59 Å². The molecule has 0 amide bonds. The quantitative estimate of drug-likeness (QED) is 0.225. The molecule has 0 atom stereocenters. The van der Waals surface area contributed by atoms with Crippen LogP contribution >= 0.6 is 0 Å². The monoisotopic (exact) mass is 374 g/mol. The maximum Gasteiger partial charge on any atom is 0.356 e. The normalized spacial score (nSPS) is 10.8. The molecule has 0 aliphatic heterocycles. The lowest BCUT2D eigenvalue weighted by molar-refractivity contribution is -0.136. The number of furan rings is 1. The van der Waals surface area contributed by atoms with E-state index in [1.54, 1.807) is 6.07 Å². The van der Waals surface area contributed by atoms with Gasteiger partial charge in [0.1, 0.15) is 5.70 Å². The molecule has 0 aliphatic carbocycles. The van der Waals surface area contributed by atoms with E-state index < -0.39 is 11.8 Å². The molecule has 0 saturated carbocycles. The second-order valence-electron chi connectivity index (χ2n) is 5.70. The molecule has 3 rings (SSSR count). The molecule has 0 fully saturated rings. The van der Waals surface area contributed by atoms with Gasteiger partial charge in [-0.05, 0) is 12.1 Å². The highest BCUT2D eigenvalue weighted by atomic mass is 16.5. The van der Waals surface area contributed by atoms with Gasteiger partial charge in [-0.25, -0.2) is 4.79 Å². The highest BCUT2D eigenvalue weighted by molar-refractivity contribution is 6.13. The second kappa shape index (κ2) is 9.14. The number of ether oxygens (including phenoxy) is 1. The van der Waals surface area contributed by atoms with Crippen LogP contribution in [0.5, 0.6) is 0 Å². The van der Waals surface area contributed by atoms with E-state index in [4.69, 9.17) is 9.15 Å². The summed E-state index contributed by atoms with van der Waals surface area (Å²) in [6.45, 7) is 0. The lowest BCUT2D eigenvalue weighted by Crippen LogP contribution is -2.21. The first-order chi connectivity index (χ1) is 13.7. The summed E-state index contributed by atoms with van der Waals surface area (Å²) < 4.78 is 9.82. The summed E-state index contributed by atoms with van der Waals surface area (Å²) >= 11 is 0. The number of methoxy groups -OCH3 is 1. The highest BCUT2D eigenvalue weighted by Crippen LogP contribution is 2.11. The average Bonchev–Trinajstić information content (AvgIpc) is 3.29. The zero-order valence-corrected chi connectivity index (χ0v) is 15.2. The predicted octanol–water partition coefficient (Wildman–Crippen LogP) is 3.56. The van der Waals surface area contributed by atoms with E-state index in [1.807, 2.05) is 60.7 Å². The number of hydrogen-bond donors (Lipinski definition) is 1. The molecule has 0 spiro atoms. The molecular formula is C22H18N2O4. The van der Waals surface area contributed by atoms with Crippen LogP contribution in [0.15, 0.2) is 100 Å². The van der Waals surface area contributed by atoms with Crippen LogP contribution in [0.4, 0.5) is 0 Å². The van der Waals surface area contributed by atoms with Crippen LogP contribution in [0, 0.1) is 0 Å². The number of carbonyl (C=O) groups excluding carboxylic acids is 2. The van der Waals surface area contributed by atoms with Gasteiger partial charge in [-0.2, -0.15) is 5.10 Å². The van der Waals surface area contributed by atoms with Crippen LogP contribution in [-0.2, 0) is 9.53 Å². The largest absolute Gasteiger partial charge is 0.464 e. The average molecular weight is 374 g/mol. The standard InChI is InChI=1S/C22H18N2O4/c1-27-22(26)18(15-19(25)20-13-8-14-28-20)23-24-21(16-9-4-2-5-10-16)17-11-6-3-7-12-17/h2-15,23H,1H3/b18-15-. The Bertz CT molecular complexity index is 950. The molecule has 6 heteroatoms. The molecule has 1 heterocycles. The molecule has 3 aromatic rings. The number of ketones is 1. The number of allylic oxidation sites excluding steroid dienone is 1. The van der Waals surface area contributed by atoms with Gasteiger partial charge in [-0.3, -0.25) is 10.2 Å². The van der Waals surface area contributed by atoms with E-state index >= 15 is 0 Å². The third-order valence-electron chi connectivity index (χ3n) is 3.83. The van der Waals surface area contributed by atoms with Crippen molar-refractivity contribution in [3.63, 3.8) is 0 Å². The van der Waals surface area contributed by atoms with Gasteiger partial charge < -0.3 is 9.15 Å². The Labute approximate surface area is 162 Å². The number of hydrogen-bond acceptors (Lipinski definition) is 6. The molecule has 0 aliphatic rings. The van der Waals surface area contributed by atoms with Crippen molar-refractivity contribution in [2.24, 2.45) is 5.10 Å². The summed E-state index contributed by atoms with van der Waals surface area (Å²) in [5.41, 5.74) is 4.88. The van der Waals surface area contributed by atoms with Crippen LogP contribution in [0.3, 0.4) is 0 Å². The number of nitrogens with zero attached hydrogens (tertiary/aromatic N) is 1. The van der Waals surface area contributed by atoms with Gasteiger partial charge in [0.15, 0.2) is 5.76 Å². The topological polar surface area (TPSA) is 80.9 Å². The number of carbonyl (C=O) groups is 2. The Morgan fingerprint density at radius 1 is 0.929 bits per heavy atom. The summed E-state index contributed by atoms with van der Waals surface area (Å²) in [4.78, 5) is 24.4. The van der Waals surface area contributed by atoms with Crippen LogP contribution in [0.25, 0.3) is 0 Å². The van der Waals surface area contributed by atoms with Gasteiger partial charge in [0.05, 0.1) is 19.1 Å². The van der Waals surface area contributed by atoms with Gasteiger partial charge in [0.2, 0.25) is 5.78 Å². The molecule has 1 aromatic heterocycles. The van der Waals surface area contributed by atoms with E-state index in [2.05, 4.69) is 10.5 Å². The molecule has 0 bridgehead atoms. The van der Waals surface area contributed by atoms with E-state index in [1.165, 1.54) is 19.4 Å². The third kappa shape index (κ3) is 4.62. The van der Waals surface area contributed by atoms with Crippen LogP contribution < -0.4 is 5.43 Å². The zero-order valence-electron chi connectivity index (χ0n) is 15.2. The van der Waals surface area contributed by atoms with E-state index in [-0.39, 0.29) is 11.5 Å². The van der Waals surface area contributed by atoms with Crippen molar-refractivity contribution in [2.75, 3.05) is 7.11 Å². The van der Waals surface area contributed by atoms with Crippen molar-refractivity contribution in [3.05, 3.63) is 108 Å². The van der Waals surface area contributed by atoms with Crippen molar-refractivity contribution < 1.29 is 18.7 Å². The molecule has 1 N–H and O–H groups in total. The molecule has 28 heavy (non-hydrogen) atoms. The number of rotatable bonds is 7. The van der Waals surface area contributed by atoms with Crippen molar-refractivity contribution in [1.82, 2.24) is 5.43 Å². The van der Waals surface area contributed by atoms with Crippen LogP contribution in [-0.4, -0.2) is 24.6 Å². The molecule has 140 valence electrons. The minimum absolute atomic E-state index is 0.103. The van der Waals surface area contributed by atoms with Crippen molar-refractivity contribution in [1.29, 1.82) is 0 Å². The molecule has 2 aromatic carbocycles. The van der Waals surface area contributed by atoms with Gasteiger partial charge >= 0.3 is 5.97 Å². The number of hydrazone groups is 1. The number of benzene rings is 2. The van der Waals surface area contributed by atoms with Crippen LogP contribution in [0.2, 0.25) is 0 Å². The fraction of sp³-hybridized carbons (Fsp3) is 0.0455. The number of nitrogens with one attached hydrogen (secondary N) is 1. The predicted molar refractivity (Wildman–Crippen MR) is 105 cm³/mol. The lowest BCUT2D eigenvalue weighted by Gasteiger charge is -2.09. The van der Waals surface area contributed by atoms with E-state index in [0.29, 0.717) is 5.71 Å². The van der Waals surface area contributed by atoms with Gasteiger partial charge in [0, 0.05) is 17.2 Å². The third-order valence-corrected chi connectivity index (χ3v) is 3.83. The Morgan fingerprint density at radius 2 is 1.54 bits per heavy atom. The lowest BCUT2D eigenvalue weighted by atomic mass is 10.0. The van der Waals surface area contributed by atoms with Gasteiger partial charge in [-0.1, -0.05) is 60.7 Å². The molecular weight excluding hydrogens is 356 g/mol. The molecule has 0 radical (unpaired) electrons. The Hall–Kier alpha value is -3.93. The summed E-state index contributed by atoms with van der Waals surface area (Å²) in [6.07, 6.45) is 2.48. The maximum atomic E-state index is 12.3. The Kier molecular flexibility index (Phi) is 6.15. The molecule has 0 saturated heterocycles. The second-order valence-corrected chi connectivity index (χ2v) is 5.70. The zero-order chi connectivity index (χ0) is 19.8. The fourth-order valence-electron chi connectivity index (χ4n) is 2.47. The van der Waals surface area contributed by atoms with Gasteiger partial charge in [-0.15, -0.1) is 0 Å². The number of esters is 1. The maximum absolute atomic E-state index is 12.3. The summed E-state index contributed by atoms with van der Waals surface area (Å²) in [7, 11) is 1.23. The fourth-order valence-corrected chi connectivity index (χ4v) is 2.47. The first-order valence-electron chi connectivity index (χ1n) is 8.51. The smallest absolute Gasteiger partial charge is 0.356 e. The van der Waals surface area contributed by atoms with Gasteiger partial charge in [0.25, 0.3) is 0 Å². The van der Waals surface area contributed by atoms with Crippen molar-refractivity contribution >= 4 is 17.5 Å². The minimum atomic E-state index is -0.718. The Balaban J connectivity index is 1.96. The SMILES string of the molecule is COC(=O)/C(=C/C(=O)c1ccco1)NN=C(c1ccccc1)c1ccccc1. The first kappa shape index (κ1) is 18.8. The highest BCUT2D eigenvalue weighted by Gasteiger charge is 2.15. The van der Waals surface area contributed by atoms with Crippen molar-refractivity contribution in [3.8, 4) is 0 Å². The van der Waals surface area contributed by atoms with Crippen LogP contribution in [0.1, 0.15) is 21.7 Å². The summed E-state index contributed by atoms with van der Waals surface area (Å²) in [5, 5.41) is 4.38. The summed E-state index contributed by atoms with van der Waals surface area (Å²) in [6, 6.07) is 22.1. The van der Waals surface area contributed by atoms with E-state index in [0.717, 1.165) is 17.2 Å². The molecule has 0 unspecified atom stereocenters.